The highest BCUT2D eigenvalue weighted by atomic mass is 32.2. The molecule has 0 unspecified atom stereocenters. The van der Waals surface area contributed by atoms with E-state index in [1.807, 2.05) is 0 Å². The van der Waals surface area contributed by atoms with E-state index in [9.17, 15) is 13.2 Å². The highest BCUT2D eigenvalue weighted by molar-refractivity contribution is 8.00. The number of hydrogen-bond acceptors (Lipinski definition) is 2. The van der Waals surface area contributed by atoms with Gasteiger partial charge in [-0.1, -0.05) is 0 Å². The van der Waals surface area contributed by atoms with Crippen molar-refractivity contribution in [2.75, 3.05) is 0 Å². The standard InChI is InChI=1S/C7H8F3N2S/c1-5(2)12-6(3-4-11-12)13-7(8,9)10/h3,5H,1-2H3. The Morgan fingerprint density at radius 1 is 1.54 bits per heavy atom. The van der Waals surface area contributed by atoms with Gasteiger partial charge in [0.25, 0.3) is 0 Å². The summed E-state index contributed by atoms with van der Waals surface area (Å²) in [5.74, 6) is 0. The highest BCUT2D eigenvalue weighted by Gasteiger charge is 2.31. The zero-order valence-electron chi connectivity index (χ0n) is 7.09. The molecule has 1 rings (SSSR count). The molecule has 0 aromatic carbocycles. The van der Waals surface area contributed by atoms with Crippen molar-refractivity contribution in [2.45, 2.75) is 30.4 Å². The Labute approximate surface area is 78.1 Å². The van der Waals surface area contributed by atoms with Gasteiger partial charge in [0.2, 0.25) is 0 Å². The molecule has 0 saturated heterocycles. The van der Waals surface area contributed by atoms with Crippen LogP contribution in [0.5, 0.6) is 0 Å². The predicted molar refractivity (Wildman–Crippen MR) is 43.4 cm³/mol. The zero-order valence-corrected chi connectivity index (χ0v) is 7.91. The molecule has 73 valence electrons. The maximum Gasteiger partial charge on any atom is 0.447 e. The lowest BCUT2D eigenvalue weighted by molar-refractivity contribution is -0.0331. The van der Waals surface area contributed by atoms with Crippen LogP contribution >= 0.6 is 11.8 Å². The molecule has 0 atom stereocenters. The van der Waals surface area contributed by atoms with Crippen molar-refractivity contribution in [3.05, 3.63) is 12.3 Å². The quantitative estimate of drug-likeness (QED) is 0.697. The van der Waals surface area contributed by atoms with Gasteiger partial charge in [-0.25, -0.2) is 0 Å². The molecule has 13 heavy (non-hydrogen) atoms. The van der Waals surface area contributed by atoms with Crippen molar-refractivity contribution in [2.24, 2.45) is 0 Å². The molecule has 0 bridgehead atoms. The minimum absolute atomic E-state index is 0.0718. The zero-order chi connectivity index (χ0) is 10.1. The van der Waals surface area contributed by atoms with Crippen LogP contribution in [0.3, 0.4) is 0 Å². The molecule has 1 heterocycles. The Balaban J connectivity index is 2.83. The second kappa shape index (κ2) is 3.61. The maximum atomic E-state index is 12.0. The van der Waals surface area contributed by atoms with Gasteiger partial charge in [-0.15, -0.1) is 0 Å². The Morgan fingerprint density at radius 3 is 2.62 bits per heavy atom. The van der Waals surface area contributed by atoms with Gasteiger partial charge in [0.15, 0.2) is 0 Å². The van der Waals surface area contributed by atoms with Crippen LogP contribution in [0.1, 0.15) is 19.9 Å². The first-order chi connectivity index (χ1) is 5.90. The van der Waals surface area contributed by atoms with Crippen LogP contribution in [0.15, 0.2) is 11.1 Å². The molecule has 2 nitrogen and oxygen atoms in total. The van der Waals surface area contributed by atoms with E-state index in [-0.39, 0.29) is 22.8 Å². The monoisotopic (exact) mass is 209 g/mol. The Bertz CT molecular complexity index is 280. The maximum absolute atomic E-state index is 12.0. The SMILES string of the molecule is CC(C)n1n[c]cc1SC(F)(F)F. The number of thioether (sulfide) groups is 1. The third-order valence-electron chi connectivity index (χ3n) is 1.29. The fourth-order valence-corrected chi connectivity index (χ4v) is 1.52. The Kier molecular flexibility index (Phi) is 2.90. The van der Waals surface area contributed by atoms with E-state index in [1.165, 1.54) is 10.7 Å². The number of hydrogen-bond donors (Lipinski definition) is 0. The summed E-state index contributed by atoms with van der Waals surface area (Å²) in [6.45, 7) is 3.53. The summed E-state index contributed by atoms with van der Waals surface area (Å²) in [6, 6.07) is 1.15. The summed E-state index contributed by atoms with van der Waals surface area (Å²) in [5.41, 5.74) is -4.26. The molecule has 1 radical (unpaired) electrons. The van der Waals surface area contributed by atoms with Crippen molar-refractivity contribution < 1.29 is 13.2 Å². The fraction of sp³-hybridized carbons (Fsp3) is 0.571. The van der Waals surface area contributed by atoms with Gasteiger partial charge >= 0.3 is 5.51 Å². The van der Waals surface area contributed by atoms with Crippen LogP contribution in [0, 0.1) is 6.20 Å². The molecular formula is C7H8F3N2S. The molecule has 0 amide bonds. The van der Waals surface area contributed by atoms with Crippen LogP contribution in [-0.4, -0.2) is 15.3 Å². The molecule has 1 aromatic rings. The van der Waals surface area contributed by atoms with Crippen molar-refractivity contribution in [3.63, 3.8) is 0 Å². The van der Waals surface area contributed by atoms with E-state index in [0.717, 1.165) is 0 Å². The van der Waals surface area contributed by atoms with E-state index in [1.54, 1.807) is 13.8 Å². The lowest BCUT2D eigenvalue weighted by Gasteiger charge is -2.11. The third kappa shape index (κ3) is 2.95. The second-order valence-electron chi connectivity index (χ2n) is 2.70. The molecule has 0 N–H and O–H groups in total. The van der Waals surface area contributed by atoms with Gasteiger partial charge in [0.1, 0.15) is 11.2 Å². The second-order valence-corrected chi connectivity index (χ2v) is 3.78. The Morgan fingerprint density at radius 2 is 2.15 bits per heavy atom. The van der Waals surface area contributed by atoms with Crippen LogP contribution in [-0.2, 0) is 0 Å². The topological polar surface area (TPSA) is 17.8 Å². The van der Waals surface area contributed by atoms with Crippen LogP contribution in [0.4, 0.5) is 13.2 Å². The summed E-state index contributed by atoms with van der Waals surface area (Å²) >= 11 is -0.168. The minimum atomic E-state index is -4.26. The van der Waals surface area contributed by atoms with E-state index in [4.69, 9.17) is 0 Å². The number of nitrogens with zero attached hydrogens (tertiary/aromatic N) is 2. The third-order valence-corrected chi connectivity index (χ3v) is 2.03. The summed E-state index contributed by atoms with van der Waals surface area (Å²) in [4.78, 5) is 0. The molecule has 0 fully saturated rings. The van der Waals surface area contributed by atoms with Gasteiger partial charge in [0.05, 0.1) is 0 Å². The lowest BCUT2D eigenvalue weighted by atomic mass is 10.4. The molecule has 0 aliphatic carbocycles. The fourth-order valence-electron chi connectivity index (χ4n) is 0.826. The molecular weight excluding hydrogens is 201 g/mol. The molecule has 0 aliphatic heterocycles. The Hall–Kier alpha value is -0.650. The molecule has 0 saturated carbocycles. The van der Waals surface area contributed by atoms with Gasteiger partial charge in [-0.3, -0.25) is 4.68 Å². The summed E-state index contributed by atoms with van der Waals surface area (Å²) in [6.07, 6.45) is 2.39. The van der Waals surface area contributed by atoms with Crippen molar-refractivity contribution in [1.29, 1.82) is 0 Å². The van der Waals surface area contributed by atoms with Crippen LogP contribution in [0.25, 0.3) is 0 Å². The van der Waals surface area contributed by atoms with Gasteiger partial charge in [-0.2, -0.15) is 18.3 Å². The average Bonchev–Trinajstić information content (AvgIpc) is 2.31. The van der Waals surface area contributed by atoms with Crippen molar-refractivity contribution >= 4 is 11.8 Å². The minimum Gasteiger partial charge on any atom is -0.256 e. The van der Waals surface area contributed by atoms with Gasteiger partial charge in [-0.05, 0) is 13.8 Å². The van der Waals surface area contributed by atoms with E-state index >= 15 is 0 Å². The molecule has 6 heteroatoms. The van der Waals surface area contributed by atoms with Crippen molar-refractivity contribution in [3.8, 4) is 0 Å². The molecule has 0 spiro atoms. The number of halogens is 3. The van der Waals surface area contributed by atoms with E-state index in [0.29, 0.717) is 0 Å². The predicted octanol–water partition coefficient (Wildman–Crippen LogP) is 2.88. The number of aromatic nitrogens is 2. The first-order valence-corrected chi connectivity index (χ1v) is 4.43. The molecule has 0 aliphatic rings. The van der Waals surface area contributed by atoms with Crippen LogP contribution < -0.4 is 0 Å². The number of alkyl halides is 3. The average molecular weight is 209 g/mol. The van der Waals surface area contributed by atoms with Crippen molar-refractivity contribution in [1.82, 2.24) is 9.78 Å². The van der Waals surface area contributed by atoms with E-state index in [2.05, 4.69) is 11.3 Å². The van der Waals surface area contributed by atoms with Gasteiger partial charge in [0, 0.05) is 23.9 Å². The van der Waals surface area contributed by atoms with Gasteiger partial charge < -0.3 is 0 Å². The normalized spacial score (nSPS) is 12.5. The first-order valence-electron chi connectivity index (χ1n) is 3.61. The lowest BCUT2D eigenvalue weighted by Crippen LogP contribution is -2.07. The van der Waals surface area contributed by atoms with Crippen LogP contribution in [0.2, 0.25) is 0 Å². The largest absolute Gasteiger partial charge is 0.447 e. The first kappa shape index (κ1) is 10.4. The summed E-state index contributed by atoms with van der Waals surface area (Å²) < 4.78 is 37.2. The highest BCUT2D eigenvalue weighted by Crippen LogP contribution is 2.37. The number of rotatable bonds is 2. The molecule has 1 aromatic heterocycles. The van der Waals surface area contributed by atoms with E-state index < -0.39 is 5.51 Å². The summed E-state index contributed by atoms with van der Waals surface area (Å²) in [7, 11) is 0. The smallest absolute Gasteiger partial charge is 0.256 e. The summed E-state index contributed by atoms with van der Waals surface area (Å²) in [5, 5.41) is 3.74.